The van der Waals surface area contributed by atoms with Crippen LogP contribution in [0.15, 0.2) is 6.33 Å². The van der Waals surface area contributed by atoms with Crippen molar-refractivity contribution < 1.29 is 0 Å². The lowest BCUT2D eigenvalue weighted by Crippen LogP contribution is -2.29. The number of nitrogens with zero attached hydrogens (tertiary/aromatic N) is 3. The van der Waals surface area contributed by atoms with E-state index in [1.807, 2.05) is 11.7 Å². The summed E-state index contributed by atoms with van der Waals surface area (Å²) in [6.07, 6.45) is 8.04. The summed E-state index contributed by atoms with van der Waals surface area (Å²) in [7, 11) is 1.95. The summed E-state index contributed by atoms with van der Waals surface area (Å²) < 4.78 is 1.85. The molecule has 2 atom stereocenters. The number of hydrogen-bond acceptors (Lipinski definition) is 3. The average molecular weight is 222 g/mol. The zero-order valence-electron chi connectivity index (χ0n) is 10.3. The molecule has 0 radical (unpaired) electrons. The molecule has 1 N–H and O–H groups in total. The topological polar surface area (TPSA) is 42.7 Å². The molecule has 1 aromatic rings. The molecule has 90 valence electrons. The van der Waals surface area contributed by atoms with E-state index < -0.39 is 0 Å². The van der Waals surface area contributed by atoms with E-state index in [1.54, 1.807) is 6.33 Å². The fourth-order valence-corrected chi connectivity index (χ4v) is 2.57. The predicted octanol–water partition coefficient (Wildman–Crippen LogP) is 1.53. The highest BCUT2D eigenvalue weighted by atomic mass is 15.3. The van der Waals surface area contributed by atoms with Crippen LogP contribution in [0.3, 0.4) is 0 Å². The van der Waals surface area contributed by atoms with E-state index in [-0.39, 0.29) is 0 Å². The van der Waals surface area contributed by atoms with Gasteiger partial charge < -0.3 is 5.32 Å². The smallest absolute Gasteiger partial charge is 0.138 e. The van der Waals surface area contributed by atoms with Crippen molar-refractivity contribution in [3.63, 3.8) is 0 Å². The second kappa shape index (κ2) is 5.43. The SMILES string of the molecule is CCC1CCC(NCCc2ncnn2C)C1. The van der Waals surface area contributed by atoms with Gasteiger partial charge in [0.05, 0.1) is 0 Å². The summed E-state index contributed by atoms with van der Waals surface area (Å²) in [5, 5.41) is 7.70. The maximum atomic E-state index is 4.22. The zero-order chi connectivity index (χ0) is 11.4. The molecule has 1 aliphatic carbocycles. The first-order chi connectivity index (χ1) is 7.79. The minimum Gasteiger partial charge on any atom is -0.314 e. The minimum atomic E-state index is 0.734. The molecule has 0 spiro atoms. The lowest BCUT2D eigenvalue weighted by Gasteiger charge is -2.12. The van der Waals surface area contributed by atoms with E-state index in [0.29, 0.717) is 0 Å². The highest BCUT2D eigenvalue weighted by molar-refractivity contribution is 4.86. The van der Waals surface area contributed by atoms with Gasteiger partial charge in [-0.05, 0) is 25.2 Å². The molecule has 0 saturated heterocycles. The van der Waals surface area contributed by atoms with Gasteiger partial charge in [0.15, 0.2) is 0 Å². The molecule has 0 aromatic carbocycles. The van der Waals surface area contributed by atoms with Crippen molar-refractivity contribution in [3.8, 4) is 0 Å². The first-order valence-electron chi connectivity index (χ1n) is 6.35. The Morgan fingerprint density at radius 3 is 3.00 bits per heavy atom. The van der Waals surface area contributed by atoms with Crippen molar-refractivity contribution in [2.24, 2.45) is 13.0 Å². The molecular formula is C12H22N4. The lowest BCUT2D eigenvalue weighted by atomic mass is 10.1. The second-order valence-electron chi connectivity index (χ2n) is 4.79. The van der Waals surface area contributed by atoms with Crippen LogP contribution in [0, 0.1) is 5.92 Å². The summed E-state index contributed by atoms with van der Waals surface area (Å²) in [6.45, 7) is 3.32. The third kappa shape index (κ3) is 2.82. The molecule has 4 heteroatoms. The van der Waals surface area contributed by atoms with E-state index in [4.69, 9.17) is 0 Å². The summed E-state index contributed by atoms with van der Waals surface area (Å²) >= 11 is 0. The second-order valence-corrected chi connectivity index (χ2v) is 4.79. The number of nitrogens with one attached hydrogen (secondary N) is 1. The van der Waals surface area contributed by atoms with Gasteiger partial charge in [-0.15, -0.1) is 0 Å². The summed E-state index contributed by atoms with van der Waals surface area (Å²) in [5.41, 5.74) is 0. The number of rotatable bonds is 5. The Morgan fingerprint density at radius 2 is 2.38 bits per heavy atom. The van der Waals surface area contributed by atoms with Gasteiger partial charge in [0, 0.05) is 26.1 Å². The molecule has 1 saturated carbocycles. The third-order valence-electron chi connectivity index (χ3n) is 3.71. The van der Waals surface area contributed by atoms with Gasteiger partial charge in [-0.3, -0.25) is 4.68 Å². The van der Waals surface area contributed by atoms with Crippen molar-refractivity contribution in [2.45, 2.75) is 45.1 Å². The van der Waals surface area contributed by atoms with Crippen molar-refractivity contribution in [3.05, 3.63) is 12.2 Å². The van der Waals surface area contributed by atoms with Crippen LogP contribution in [0.25, 0.3) is 0 Å². The van der Waals surface area contributed by atoms with Gasteiger partial charge in [0.25, 0.3) is 0 Å². The maximum Gasteiger partial charge on any atom is 0.138 e. The first-order valence-corrected chi connectivity index (χ1v) is 6.35. The van der Waals surface area contributed by atoms with Crippen LogP contribution >= 0.6 is 0 Å². The Kier molecular flexibility index (Phi) is 3.93. The lowest BCUT2D eigenvalue weighted by molar-refractivity contribution is 0.475. The highest BCUT2D eigenvalue weighted by Gasteiger charge is 2.22. The van der Waals surface area contributed by atoms with Gasteiger partial charge in [0.2, 0.25) is 0 Å². The van der Waals surface area contributed by atoms with E-state index >= 15 is 0 Å². The standard InChI is InChI=1S/C12H22N4/c1-3-10-4-5-11(8-10)13-7-6-12-14-9-15-16(12)2/h9-11,13H,3-8H2,1-2H3. The van der Waals surface area contributed by atoms with Gasteiger partial charge in [-0.25, -0.2) is 4.98 Å². The molecule has 4 nitrogen and oxygen atoms in total. The molecule has 1 aliphatic rings. The monoisotopic (exact) mass is 222 g/mol. The van der Waals surface area contributed by atoms with E-state index in [0.717, 1.165) is 30.7 Å². The van der Waals surface area contributed by atoms with Crippen LogP contribution in [0.5, 0.6) is 0 Å². The molecule has 0 aliphatic heterocycles. The van der Waals surface area contributed by atoms with Crippen LogP contribution in [-0.2, 0) is 13.5 Å². The van der Waals surface area contributed by atoms with E-state index in [1.165, 1.54) is 25.7 Å². The Bertz CT molecular complexity index is 321. The Labute approximate surface area is 97.5 Å². The van der Waals surface area contributed by atoms with Crippen LogP contribution < -0.4 is 5.32 Å². The normalized spacial score (nSPS) is 25.1. The van der Waals surface area contributed by atoms with Gasteiger partial charge >= 0.3 is 0 Å². The molecule has 16 heavy (non-hydrogen) atoms. The Hall–Kier alpha value is -0.900. The molecule has 2 rings (SSSR count). The molecule has 0 bridgehead atoms. The number of hydrogen-bond donors (Lipinski definition) is 1. The summed E-state index contributed by atoms with van der Waals surface area (Å²) in [4.78, 5) is 4.22. The zero-order valence-corrected chi connectivity index (χ0v) is 10.3. The van der Waals surface area contributed by atoms with Crippen LogP contribution in [0.2, 0.25) is 0 Å². The number of aryl methyl sites for hydroxylation is 1. The van der Waals surface area contributed by atoms with E-state index in [9.17, 15) is 0 Å². The van der Waals surface area contributed by atoms with Gasteiger partial charge in [-0.2, -0.15) is 5.10 Å². The van der Waals surface area contributed by atoms with Crippen molar-refractivity contribution >= 4 is 0 Å². The quantitative estimate of drug-likeness (QED) is 0.821. The molecule has 0 amide bonds. The summed E-state index contributed by atoms with van der Waals surface area (Å²) in [5.74, 6) is 2.02. The molecule has 1 heterocycles. The largest absolute Gasteiger partial charge is 0.314 e. The predicted molar refractivity (Wildman–Crippen MR) is 64.1 cm³/mol. The first kappa shape index (κ1) is 11.6. The highest BCUT2D eigenvalue weighted by Crippen LogP contribution is 2.27. The van der Waals surface area contributed by atoms with Crippen molar-refractivity contribution in [1.82, 2.24) is 20.1 Å². The molecular weight excluding hydrogens is 200 g/mol. The van der Waals surface area contributed by atoms with Crippen molar-refractivity contribution in [2.75, 3.05) is 6.54 Å². The fourth-order valence-electron chi connectivity index (χ4n) is 2.57. The molecule has 2 unspecified atom stereocenters. The molecule has 1 aromatic heterocycles. The van der Waals surface area contributed by atoms with Crippen LogP contribution in [0.4, 0.5) is 0 Å². The maximum absolute atomic E-state index is 4.22. The fraction of sp³-hybridized carbons (Fsp3) is 0.833. The van der Waals surface area contributed by atoms with Gasteiger partial charge in [0.1, 0.15) is 12.2 Å². The Morgan fingerprint density at radius 1 is 1.50 bits per heavy atom. The van der Waals surface area contributed by atoms with Crippen LogP contribution in [-0.4, -0.2) is 27.4 Å². The Balaban J connectivity index is 1.67. The minimum absolute atomic E-state index is 0.734. The van der Waals surface area contributed by atoms with Crippen molar-refractivity contribution in [1.29, 1.82) is 0 Å². The average Bonchev–Trinajstić information content (AvgIpc) is 2.89. The van der Waals surface area contributed by atoms with E-state index in [2.05, 4.69) is 22.3 Å². The van der Waals surface area contributed by atoms with Crippen LogP contribution in [0.1, 0.15) is 38.4 Å². The third-order valence-corrected chi connectivity index (χ3v) is 3.71. The molecule has 1 fully saturated rings. The summed E-state index contributed by atoms with van der Waals surface area (Å²) in [6, 6.07) is 0.734. The van der Waals surface area contributed by atoms with Gasteiger partial charge in [-0.1, -0.05) is 13.3 Å². The number of aromatic nitrogens is 3.